The molecule has 0 aliphatic rings. The van der Waals surface area contributed by atoms with Crippen LogP contribution in [0.15, 0.2) is 11.4 Å². The highest BCUT2D eigenvalue weighted by atomic mass is 35.5. The number of amides is 1. The monoisotopic (exact) mass is 233 g/mol. The van der Waals surface area contributed by atoms with Gasteiger partial charge in [-0.05, 0) is 26.8 Å². The minimum Gasteiger partial charge on any atom is -0.444 e. The predicted molar refractivity (Wildman–Crippen MR) is 59.2 cm³/mol. The molecule has 1 rings (SSSR count). The summed E-state index contributed by atoms with van der Waals surface area (Å²) in [5, 5.41) is 4.34. The fourth-order valence-corrected chi connectivity index (χ4v) is 1.61. The first kappa shape index (κ1) is 11.3. The minimum absolute atomic E-state index is 0.466. The van der Waals surface area contributed by atoms with Crippen LogP contribution in [0.25, 0.3) is 0 Å². The van der Waals surface area contributed by atoms with Crippen molar-refractivity contribution in [3.63, 3.8) is 0 Å². The van der Waals surface area contributed by atoms with Gasteiger partial charge in [0.25, 0.3) is 0 Å². The summed E-state index contributed by atoms with van der Waals surface area (Å²) in [5.74, 6) is 0. The molecule has 0 saturated heterocycles. The maximum Gasteiger partial charge on any atom is 0.412 e. The average Bonchev–Trinajstić information content (AvgIpc) is 2.30. The lowest BCUT2D eigenvalue weighted by molar-refractivity contribution is 0.0636. The van der Waals surface area contributed by atoms with E-state index in [0.29, 0.717) is 10.0 Å². The maximum absolute atomic E-state index is 11.3. The van der Waals surface area contributed by atoms with Crippen LogP contribution in [0.2, 0.25) is 4.34 Å². The molecule has 0 atom stereocenters. The lowest BCUT2D eigenvalue weighted by Crippen LogP contribution is -2.27. The molecule has 1 amide bonds. The van der Waals surface area contributed by atoms with Crippen LogP contribution in [0.4, 0.5) is 10.5 Å². The number of hydrogen-bond acceptors (Lipinski definition) is 3. The van der Waals surface area contributed by atoms with Crippen LogP contribution < -0.4 is 5.32 Å². The summed E-state index contributed by atoms with van der Waals surface area (Å²) in [7, 11) is 0. The van der Waals surface area contributed by atoms with Crippen LogP contribution in [0.1, 0.15) is 20.8 Å². The molecule has 5 heteroatoms. The molecule has 0 aromatic carbocycles. The summed E-state index contributed by atoms with van der Waals surface area (Å²) in [4.78, 5) is 11.3. The van der Waals surface area contributed by atoms with E-state index in [1.54, 1.807) is 11.4 Å². The summed E-state index contributed by atoms with van der Waals surface area (Å²) in [6.45, 7) is 5.44. The topological polar surface area (TPSA) is 38.3 Å². The normalized spacial score (nSPS) is 11.1. The second kappa shape index (κ2) is 4.19. The number of ether oxygens (including phenoxy) is 1. The molecule has 78 valence electrons. The molecule has 0 fully saturated rings. The third-order valence-corrected chi connectivity index (χ3v) is 2.30. The molecule has 1 heterocycles. The Morgan fingerprint density at radius 2 is 2.21 bits per heavy atom. The third-order valence-electron chi connectivity index (χ3n) is 1.21. The molecule has 3 nitrogen and oxygen atoms in total. The van der Waals surface area contributed by atoms with Crippen molar-refractivity contribution < 1.29 is 9.53 Å². The Labute approximate surface area is 92.0 Å². The smallest absolute Gasteiger partial charge is 0.412 e. The summed E-state index contributed by atoms with van der Waals surface area (Å²) < 4.78 is 5.70. The van der Waals surface area contributed by atoms with Crippen molar-refractivity contribution in [2.45, 2.75) is 26.4 Å². The summed E-state index contributed by atoms with van der Waals surface area (Å²) in [6, 6.07) is 1.68. The Morgan fingerprint density at radius 1 is 1.57 bits per heavy atom. The second-order valence-corrected chi connectivity index (χ2v) is 5.31. The van der Waals surface area contributed by atoms with Crippen LogP contribution in [-0.4, -0.2) is 11.7 Å². The molecule has 0 spiro atoms. The van der Waals surface area contributed by atoms with E-state index in [9.17, 15) is 4.79 Å². The Morgan fingerprint density at radius 3 is 2.64 bits per heavy atom. The van der Waals surface area contributed by atoms with E-state index in [4.69, 9.17) is 16.3 Å². The molecule has 0 unspecified atom stereocenters. The van der Waals surface area contributed by atoms with Crippen molar-refractivity contribution in [3.05, 3.63) is 15.8 Å². The molecule has 0 bridgehead atoms. The number of nitrogens with one attached hydrogen (secondary N) is 1. The van der Waals surface area contributed by atoms with Gasteiger partial charge >= 0.3 is 6.09 Å². The lowest BCUT2D eigenvalue weighted by atomic mass is 10.2. The quantitative estimate of drug-likeness (QED) is 0.802. The number of rotatable bonds is 1. The van der Waals surface area contributed by atoms with E-state index in [0.717, 1.165) is 0 Å². The van der Waals surface area contributed by atoms with Crippen molar-refractivity contribution in [2.75, 3.05) is 5.32 Å². The number of carbonyl (C=O) groups excluding carboxylic acids is 1. The van der Waals surface area contributed by atoms with E-state index >= 15 is 0 Å². The van der Waals surface area contributed by atoms with Crippen LogP contribution in [0.3, 0.4) is 0 Å². The molecule has 14 heavy (non-hydrogen) atoms. The van der Waals surface area contributed by atoms with Crippen LogP contribution >= 0.6 is 22.9 Å². The Hall–Kier alpha value is -0.740. The first-order valence-electron chi connectivity index (χ1n) is 4.11. The van der Waals surface area contributed by atoms with Gasteiger partial charge in [-0.25, -0.2) is 4.79 Å². The summed E-state index contributed by atoms with van der Waals surface area (Å²) in [6.07, 6.45) is -0.466. The predicted octanol–water partition coefficient (Wildman–Crippen LogP) is 3.75. The first-order valence-corrected chi connectivity index (χ1v) is 5.36. The van der Waals surface area contributed by atoms with Crippen molar-refractivity contribution >= 4 is 34.7 Å². The van der Waals surface area contributed by atoms with E-state index in [-0.39, 0.29) is 0 Å². The standard InChI is InChI=1S/C9H12ClNO2S/c1-9(2,3)13-8(12)11-6-4-7(10)14-5-6/h4-5H,1-3H3,(H,11,12). The van der Waals surface area contributed by atoms with Gasteiger partial charge in [0.05, 0.1) is 10.0 Å². The van der Waals surface area contributed by atoms with E-state index in [1.807, 2.05) is 20.8 Å². The largest absolute Gasteiger partial charge is 0.444 e. The Bertz CT molecular complexity index is 330. The van der Waals surface area contributed by atoms with Gasteiger partial charge in [0.2, 0.25) is 0 Å². The van der Waals surface area contributed by atoms with Gasteiger partial charge in [0.1, 0.15) is 5.60 Å². The summed E-state index contributed by atoms with van der Waals surface area (Å²) in [5.41, 5.74) is 0.179. The molecule has 1 aromatic heterocycles. The molecule has 0 aliphatic heterocycles. The number of hydrogen-bond donors (Lipinski definition) is 1. The van der Waals surface area contributed by atoms with E-state index in [1.165, 1.54) is 11.3 Å². The van der Waals surface area contributed by atoms with Gasteiger partial charge < -0.3 is 4.74 Å². The zero-order valence-electron chi connectivity index (χ0n) is 8.26. The van der Waals surface area contributed by atoms with Crippen molar-refractivity contribution in [1.82, 2.24) is 0 Å². The number of anilines is 1. The molecule has 0 saturated carbocycles. The molecule has 0 radical (unpaired) electrons. The molecular weight excluding hydrogens is 222 g/mol. The summed E-state index contributed by atoms with van der Waals surface area (Å²) >= 11 is 7.06. The van der Waals surface area contributed by atoms with Gasteiger partial charge in [0, 0.05) is 5.38 Å². The fraction of sp³-hybridized carbons (Fsp3) is 0.444. The number of halogens is 1. The van der Waals surface area contributed by atoms with Gasteiger partial charge in [-0.2, -0.15) is 0 Å². The maximum atomic E-state index is 11.3. The average molecular weight is 234 g/mol. The second-order valence-electron chi connectivity index (χ2n) is 3.77. The highest BCUT2D eigenvalue weighted by Gasteiger charge is 2.16. The van der Waals surface area contributed by atoms with E-state index in [2.05, 4.69) is 5.32 Å². The third kappa shape index (κ3) is 3.98. The lowest BCUT2D eigenvalue weighted by Gasteiger charge is -2.19. The Kier molecular flexibility index (Phi) is 3.39. The molecule has 0 aliphatic carbocycles. The van der Waals surface area contributed by atoms with Gasteiger partial charge in [-0.3, -0.25) is 5.32 Å². The zero-order chi connectivity index (χ0) is 10.8. The highest BCUT2D eigenvalue weighted by molar-refractivity contribution is 7.14. The van der Waals surface area contributed by atoms with Crippen molar-refractivity contribution in [3.8, 4) is 0 Å². The number of carbonyl (C=O) groups is 1. The van der Waals surface area contributed by atoms with Crippen LogP contribution in [0, 0.1) is 0 Å². The SMILES string of the molecule is CC(C)(C)OC(=O)Nc1csc(Cl)c1. The van der Waals surface area contributed by atoms with Crippen LogP contribution in [0.5, 0.6) is 0 Å². The zero-order valence-corrected chi connectivity index (χ0v) is 9.83. The Balaban J connectivity index is 2.50. The molecule has 1 N–H and O–H groups in total. The highest BCUT2D eigenvalue weighted by Crippen LogP contribution is 2.24. The molecular formula is C9H12ClNO2S. The minimum atomic E-state index is -0.482. The number of thiophene rings is 1. The van der Waals surface area contributed by atoms with Gasteiger partial charge in [-0.1, -0.05) is 11.6 Å². The van der Waals surface area contributed by atoms with Gasteiger partial charge in [0.15, 0.2) is 0 Å². The first-order chi connectivity index (χ1) is 6.37. The fourth-order valence-electron chi connectivity index (χ4n) is 0.797. The van der Waals surface area contributed by atoms with Crippen molar-refractivity contribution in [2.24, 2.45) is 0 Å². The van der Waals surface area contributed by atoms with E-state index < -0.39 is 11.7 Å². The van der Waals surface area contributed by atoms with Gasteiger partial charge in [-0.15, -0.1) is 11.3 Å². The molecule has 1 aromatic rings. The van der Waals surface area contributed by atoms with Crippen molar-refractivity contribution in [1.29, 1.82) is 0 Å². The van der Waals surface area contributed by atoms with Crippen LogP contribution in [-0.2, 0) is 4.74 Å².